The highest BCUT2D eigenvalue weighted by Gasteiger charge is 2.18. The Morgan fingerprint density at radius 3 is 2.43 bits per heavy atom. The van der Waals surface area contributed by atoms with Crippen LogP contribution in [0.3, 0.4) is 0 Å². The highest BCUT2D eigenvalue weighted by molar-refractivity contribution is 7.98. The van der Waals surface area contributed by atoms with Gasteiger partial charge in [0.05, 0.1) is 7.11 Å². The summed E-state index contributed by atoms with van der Waals surface area (Å²) in [6, 6.07) is 6.00. The zero-order valence-corrected chi connectivity index (χ0v) is 9.94. The molecule has 0 aliphatic carbocycles. The molecule has 0 saturated carbocycles. The first-order valence-corrected chi connectivity index (χ1v) is 5.73. The Kier molecular flexibility index (Phi) is 3.45. The molecule has 0 saturated heterocycles. The summed E-state index contributed by atoms with van der Waals surface area (Å²) in [6.07, 6.45) is 2.05. The fraction of sp³-hybridized carbons (Fsp3) is 0.455. The van der Waals surface area contributed by atoms with Crippen molar-refractivity contribution in [1.82, 2.24) is 0 Å². The Labute approximate surface area is 89.8 Å². The third-order valence-corrected chi connectivity index (χ3v) is 2.88. The van der Waals surface area contributed by atoms with Crippen LogP contribution in [0.2, 0.25) is 0 Å². The Hall–Kier alpha value is -0.670. The molecule has 0 atom stereocenters. The van der Waals surface area contributed by atoms with E-state index in [0.717, 1.165) is 11.3 Å². The summed E-state index contributed by atoms with van der Waals surface area (Å²) < 4.78 is 5.17. The molecule has 78 valence electrons. The molecule has 1 rings (SSSR count). The molecule has 0 unspecified atom stereocenters. The molecule has 1 aromatic rings. The maximum absolute atomic E-state index is 6.07. The van der Waals surface area contributed by atoms with Crippen molar-refractivity contribution in [3.05, 3.63) is 23.8 Å². The van der Waals surface area contributed by atoms with Gasteiger partial charge >= 0.3 is 0 Å². The first-order valence-electron chi connectivity index (χ1n) is 4.50. The highest BCUT2D eigenvalue weighted by Crippen LogP contribution is 2.31. The fourth-order valence-corrected chi connectivity index (χ4v) is 2.12. The maximum atomic E-state index is 6.07. The van der Waals surface area contributed by atoms with E-state index >= 15 is 0 Å². The molecule has 2 N–H and O–H groups in total. The molecule has 0 spiro atoms. The quantitative estimate of drug-likeness (QED) is 0.781. The number of rotatable bonds is 3. The molecule has 14 heavy (non-hydrogen) atoms. The highest BCUT2D eigenvalue weighted by atomic mass is 32.2. The van der Waals surface area contributed by atoms with E-state index in [1.165, 1.54) is 4.90 Å². The molecule has 0 radical (unpaired) electrons. The fourth-order valence-electron chi connectivity index (χ4n) is 1.33. The average molecular weight is 211 g/mol. The van der Waals surface area contributed by atoms with Crippen LogP contribution in [0.1, 0.15) is 19.4 Å². The summed E-state index contributed by atoms with van der Waals surface area (Å²) in [4.78, 5) is 1.18. The van der Waals surface area contributed by atoms with Crippen LogP contribution in [-0.4, -0.2) is 13.4 Å². The topological polar surface area (TPSA) is 35.2 Å². The minimum Gasteiger partial charge on any atom is -0.497 e. The first kappa shape index (κ1) is 11.4. The number of nitrogens with two attached hydrogens (primary N) is 1. The number of ether oxygens (including phenoxy) is 1. The van der Waals surface area contributed by atoms with Gasteiger partial charge in [-0.05, 0) is 37.8 Å². The van der Waals surface area contributed by atoms with E-state index in [-0.39, 0.29) is 5.54 Å². The zero-order valence-electron chi connectivity index (χ0n) is 9.13. The Bertz CT molecular complexity index is 318. The largest absolute Gasteiger partial charge is 0.497 e. The lowest BCUT2D eigenvalue weighted by Crippen LogP contribution is -2.29. The van der Waals surface area contributed by atoms with E-state index in [0.29, 0.717) is 0 Å². The second-order valence-electron chi connectivity index (χ2n) is 3.79. The monoisotopic (exact) mass is 211 g/mol. The predicted molar refractivity (Wildman–Crippen MR) is 62.0 cm³/mol. The van der Waals surface area contributed by atoms with Gasteiger partial charge in [0.25, 0.3) is 0 Å². The van der Waals surface area contributed by atoms with Crippen molar-refractivity contribution in [2.24, 2.45) is 5.73 Å². The molecule has 0 bridgehead atoms. The van der Waals surface area contributed by atoms with Crippen molar-refractivity contribution in [1.29, 1.82) is 0 Å². The second kappa shape index (κ2) is 4.24. The van der Waals surface area contributed by atoms with Gasteiger partial charge in [0.15, 0.2) is 0 Å². The van der Waals surface area contributed by atoms with Gasteiger partial charge < -0.3 is 10.5 Å². The van der Waals surface area contributed by atoms with Crippen molar-refractivity contribution >= 4 is 11.8 Å². The van der Waals surface area contributed by atoms with Gasteiger partial charge in [-0.3, -0.25) is 0 Å². The summed E-state index contributed by atoms with van der Waals surface area (Å²) in [5.41, 5.74) is 6.93. The summed E-state index contributed by atoms with van der Waals surface area (Å²) >= 11 is 1.69. The minimum absolute atomic E-state index is 0.301. The summed E-state index contributed by atoms with van der Waals surface area (Å²) in [5.74, 6) is 0.877. The zero-order chi connectivity index (χ0) is 10.8. The Balaban J connectivity index is 3.18. The summed E-state index contributed by atoms with van der Waals surface area (Å²) in [7, 11) is 1.67. The molecule has 3 heteroatoms. The van der Waals surface area contributed by atoms with Gasteiger partial charge in [-0.1, -0.05) is 6.07 Å². The second-order valence-corrected chi connectivity index (χ2v) is 4.64. The SMILES string of the molecule is COc1ccc(C(C)(C)N)c(SC)c1. The normalized spacial score (nSPS) is 11.5. The molecule has 2 nitrogen and oxygen atoms in total. The van der Waals surface area contributed by atoms with Crippen LogP contribution in [0.25, 0.3) is 0 Å². The molecular weight excluding hydrogens is 194 g/mol. The third kappa shape index (κ3) is 2.42. The lowest BCUT2D eigenvalue weighted by atomic mass is 9.95. The molecule has 0 aliphatic heterocycles. The lowest BCUT2D eigenvalue weighted by Gasteiger charge is -2.22. The number of methoxy groups -OCH3 is 1. The van der Waals surface area contributed by atoms with E-state index in [1.807, 2.05) is 38.3 Å². The van der Waals surface area contributed by atoms with Crippen molar-refractivity contribution in [2.75, 3.05) is 13.4 Å². The first-order chi connectivity index (χ1) is 6.49. The van der Waals surface area contributed by atoms with Crippen molar-refractivity contribution in [2.45, 2.75) is 24.3 Å². The predicted octanol–water partition coefficient (Wildman–Crippen LogP) is 2.61. The minimum atomic E-state index is -0.301. The third-order valence-electron chi connectivity index (χ3n) is 2.10. The number of hydrogen-bond donors (Lipinski definition) is 1. The number of hydrogen-bond acceptors (Lipinski definition) is 3. The lowest BCUT2D eigenvalue weighted by molar-refractivity contribution is 0.412. The smallest absolute Gasteiger partial charge is 0.119 e. The van der Waals surface area contributed by atoms with Crippen LogP contribution in [0.4, 0.5) is 0 Å². The van der Waals surface area contributed by atoms with Crippen LogP contribution in [0.15, 0.2) is 23.1 Å². The summed E-state index contributed by atoms with van der Waals surface area (Å²) in [6.45, 7) is 4.02. The molecular formula is C11H17NOS. The van der Waals surface area contributed by atoms with Gasteiger partial charge in [-0.2, -0.15) is 0 Å². The summed E-state index contributed by atoms with van der Waals surface area (Å²) in [5, 5.41) is 0. The average Bonchev–Trinajstić information content (AvgIpc) is 2.15. The Morgan fingerprint density at radius 2 is 2.00 bits per heavy atom. The van der Waals surface area contributed by atoms with Gasteiger partial charge in [-0.15, -0.1) is 11.8 Å². The van der Waals surface area contributed by atoms with Crippen molar-refractivity contribution in [3.8, 4) is 5.75 Å². The van der Waals surface area contributed by atoms with E-state index < -0.39 is 0 Å². The van der Waals surface area contributed by atoms with Crippen molar-refractivity contribution < 1.29 is 4.74 Å². The number of thioether (sulfide) groups is 1. The standard InChI is InChI=1S/C11H17NOS/c1-11(2,12)9-6-5-8(13-3)7-10(9)14-4/h5-7H,12H2,1-4H3. The molecule has 0 aliphatic rings. The van der Waals surface area contributed by atoms with Gasteiger partial charge in [-0.25, -0.2) is 0 Å². The molecule has 0 amide bonds. The van der Waals surface area contributed by atoms with E-state index in [9.17, 15) is 0 Å². The van der Waals surface area contributed by atoms with E-state index in [4.69, 9.17) is 10.5 Å². The van der Waals surface area contributed by atoms with Gasteiger partial charge in [0.1, 0.15) is 5.75 Å². The molecule has 0 fully saturated rings. The van der Waals surface area contributed by atoms with Crippen LogP contribution < -0.4 is 10.5 Å². The van der Waals surface area contributed by atoms with Crippen LogP contribution in [-0.2, 0) is 5.54 Å². The van der Waals surface area contributed by atoms with Gasteiger partial charge in [0.2, 0.25) is 0 Å². The van der Waals surface area contributed by atoms with Crippen molar-refractivity contribution in [3.63, 3.8) is 0 Å². The number of benzene rings is 1. The van der Waals surface area contributed by atoms with Crippen LogP contribution >= 0.6 is 11.8 Å². The molecule has 0 aromatic heterocycles. The molecule has 1 aromatic carbocycles. The maximum Gasteiger partial charge on any atom is 0.119 e. The van der Waals surface area contributed by atoms with Crippen LogP contribution in [0.5, 0.6) is 5.75 Å². The van der Waals surface area contributed by atoms with Gasteiger partial charge in [0, 0.05) is 10.4 Å². The van der Waals surface area contributed by atoms with Crippen LogP contribution in [0, 0.1) is 0 Å². The van der Waals surface area contributed by atoms with E-state index in [1.54, 1.807) is 18.9 Å². The Morgan fingerprint density at radius 1 is 1.36 bits per heavy atom. The van der Waals surface area contributed by atoms with E-state index in [2.05, 4.69) is 0 Å². The molecule has 0 heterocycles.